The van der Waals surface area contributed by atoms with Gasteiger partial charge >= 0.3 is 0 Å². The van der Waals surface area contributed by atoms with Crippen LogP contribution in [-0.4, -0.2) is 35.5 Å². The minimum atomic E-state index is -1.18. The van der Waals surface area contributed by atoms with Gasteiger partial charge < -0.3 is 19.6 Å². The molecule has 1 aliphatic heterocycles. The number of amides is 1. The first kappa shape index (κ1) is 24.1. The summed E-state index contributed by atoms with van der Waals surface area (Å²) in [4.78, 5) is 30.8. The van der Waals surface area contributed by atoms with Gasteiger partial charge in [-0.1, -0.05) is 24.3 Å². The third kappa shape index (κ3) is 3.98. The molecule has 9 heteroatoms. The summed E-state index contributed by atoms with van der Waals surface area (Å²) in [5.41, 5.74) is 1.19. The number of para-hydroxylation sites is 1. The maximum atomic E-state index is 14.2. The van der Waals surface area contributed by atoms with E-state index in [9.17, 15) is 23.5 Å². The lowest BCUT2D eigenvalue weighted by Gasteiger charge is -2.26. The second-order valence-electron chi connectivity index (χ2n) is 8.36. The summed E-state index contributed by atoms with van der Waals surface area (Å²) >= 11 is 0. The van der Waals surface area contributed by atoms with Crippen molar-refractivity contribution in [1.82, 2.24) is 4.98 Å². The Kier molecular flexibility index (Phi) is 6.12. The van der Waals surface area contributed by atoms with E-state index >= 15 is 0 Å². The molecule has 2 heterocycles. The van der Waals surface area contributed by atoms with Crippen LogP contribution in [0.1, 0.15) is 24.1 Å². The molecule has 4 aromatic rings. The molecule has 0 bridgehead atoms. The topological polar surface area (TPSA) is 91.9 Å². The molecule has 3 aromatic carbocycles. The van der Waals surface area contributed by atoms with Gasteiger partial charge in [-0.25, -0.2) is 8.78 Å². The number of hydrogen-bond acceptors (Lipinski definition) is 5. The van der Waals surface area contributed by atoms with Crippen molar-refractivity contribution in [2.24, 2.45) is 0 Å². The zero-order chi connectivity index (χ0) is 26.3. The van der Waals surface area contributed by atoms with Crippen LogP contribution in [0.2, 0.25) is 0 Å². The van der Waals surface area contributed by atoms with Crippen molar-refractivity contribution in [3.05, 3.63) is 95.2 Å². The standard InChI is InChI=1S/C28H22F2N2O5/c1-3-37-23-12-15(8-11-22(23)36-2)25-24(26(33)18-14-31-21-7-5-4-6-17(18)21)27(34)28(35)32(25)16-9-10-19(29)20(30)13-16/h4-14,25,31,33H,3H2,1-2H3/b26-24-. The van der Waals surface area contributed by atoms with E-state index in [4.69, 9.17) is 9.47 Å². The highest BCUT2D eigenvalue weighted by molar-refractivity contribution is 6.51. The number of carbonyl (C=O) groups excluding carboxylic acids is 2. The average Bonchev–Trinajstić information content (AvgIpc) is 3.44. The summed E-state index contributed by atoms with van der Waals surface area (Å²) in [5.74, 6) is -3.87. The number of benzene rings is 3. The first-order valence-electron chi connectivity index (χ1n) is 11.5. The van der Waals surface area contributed by atoms with Gasteiger partial charge in [0.1, 0.15) is 5.76 Å². The molecule has 1 unspecified atom stereocenters. The summed E-state index contributed by atoms with van der Waals surface area (Å²) in [6, 6.07) is 13.7. The Morgan fingerprint density at radius 1 is 1.03 bits per heavy atom. The number of H-pyrrole nitrogens is 1. The lowest BCUT2D eigenvalue weighted by molar-refractivity contribution is -0.132. The minimum absolute atomic E-state index is 0.0437. The maximum absolute atomic E-state index is 14.2. The zero-order valence-electron chi connectivity index (χ0n) is 19.9. The van der Waals surface area contributed by atoms with Crippen LogP contribution in [0.4, 0.5) is 14.5 Å². The Morgan fingerprint density at radius 3 is 2.54 bits per heavy atom. The Hall–Kier alpha value is -4.66. The number of Topliss-reactive ketones (excluding diaryl/α,β-unsaturated/α-hetero) is 1. The number of halogens is 2. The van der Waals surface area contributed by atoms with Crippen LogP contribution >= 0.6 is 0 Å². The minimum Gasteiger partial charge on any atom is -0.507 e. The van der Waals surface area contributed by atoms with Crippen LogP contribution in [-0.2, 0) is 9.59 Å². The lowest BCUT2D eigenvalue weighted by atomic mass is 9.94. The van der Waals surface area contributed by atoms with E-state index in [0.717, 1.165) is 22.5 Å². The first-order valence-corrected chi connectivity index (χ1v) is 11.5. The van der Waals surface area contributed by atoms with Crippen molar-refractivity contribution in [1.29, 1.82) is 0 Å². The van der Waals surface area contributed by atoms with Crippen LogP contribution in [0.25, 0.3) is 16.7 Å². The quantitative estimate of drug-likeness (QED) is 0.206. The first-order chi connectivity index (χ1) is 17.8. The van der Waals surface area contributed by atoms with E-state index in [0.29, 0.717) is 34.6 Å². The lowest BCUT2D eigenvalue weighted by Crippen LogP contribution is -2.29. The van der Waals surface area contributed by atoms with E-state index in [1.54, 1.807) is 49.5 Å². The molecule has 0 radical (unpaired) electrons. The molecule has 1 saturated heterocycles. The number of anilines is 1. The third-order valence-corrected chi connectivity index (χ3v) is 6.27. The molecule has 2 N–H and O–H groups in total. The van der Waals surface area contributed by atoms with Gasteiger partial charge in [0.05, 0.1) is 25.3 Å². The molecule has 7 nitrogen and oxygen atoms in total. The number of ketones is 1. The zero-order valence-corrected chi connectivity index (χ0v) is 19.9. The Labute approximate surface area is 210 Å². The number of aromatic amines is 1. The highest BCUT2D eigenvalue weighted by Crippen LogP contribution is 2.45. The van der Waals surface area contributed by atoms with Gasteiger partial charge in [-0.2, -0.15) is 0 Å². The fourth-order valence-corrected chi connectivity index (χ4v) is 4.59. The van der Waals surface area contributed by atoms with E-state index in [2.05, 4.69) is 4.98 Å². The molecule has 1 aliphatic rings. The monoisotopic (exact) mass is 504 g/mol. The van der Waals surface area contributed by atoms with Crippen molar-refractivity contribution >= 4 is 34.0 Å². The SMILES string of the molecule is CCOc1cc(C2/C(=C(/O)c3c[nH]c4ccccc34)C(=O)C(=O)N2c2ccc(F)c(F)c2)ccc1OC. The van der Waals surface area contributed by atoms with Gasteiger partial charge in [0, 0.05) is 34.4 Å². The van der Waals surface area contributed by atoms with Crippen LogP contribution in [0.5, 0.6) is 11.5 Å². The number of ether oxygens (including phenoxy) is 2. The number of rotatable bonds is 6. The van der Waals surface area contributed by atoms with Gasteiger partial charge in [0.25, 0.3) is 11.7 Å². The number of nitrogens with zero attached hydrogens (tertiary/aromatic N) is 1. The molecule has 1 aromatic heterocycles. The average molecular weight is 504 g/mol. The molecule has 0 aliphatic carbocycles. The number of aliphatic hydroxyl groups excluding tert-OH is 1. The number of aliphatic hydroxyl groups is 1. The molecule has 1 atom stereocenters. The summed E-state index contributed by atoms with van der Waals surface area (Å²) in [5, 5.41) is 12.1. The van der Waals surface area contributed by atoms with E-state index in [1.807, 2.05) is 6.07 Å². The van der Waals surface area contributed by atoms with Crippen LogP contribution in [0.15, 0.2) is 72.4 Å². The van der Waals surface area contributed by atoms with E-state index in [1.165, 1.54) is 13.2 Å². The number of hydrogen-bond donors (Lipinski definition) is 2. The van der Waals surface area contributed by atoms with Gasteiger partial charge in [0.15, 0.2) is 23.1 Å². The fraction of sp³-hybridized carbons (Fsp3) is 0.143. The summed E-state index contributed by atoms with van der Waals surface area (Å²) < 4.78 is 38.9. The van der Waals surface area contributed by atoms with Gasteiger partial charge in [-0.3, -0.25) is 14.5 Å². The molecular weight excluding hydrogens is 482 g/mol. The number of methoxy groups -OCH3 is 1. The van der Waals surface area contributed by atoms with Gasteiger partial charge in [0.2, 0.25) is 0 Å². The summed E-state index contributed by atoms with van der Waals surface area (Å²) in [6.45, 7) is 2.11. The van der Waals surface area contributed by atoms with E-state index in [-0.39, 0.29) is 11.3 Å². The molecule has 188 valence electrons. The molecule has 0 saturated carbocycles. The van der Waals surface area contributed by atoms with Gasteiger partial charge in [-0.15, -0.1) is 0 Å². The number of carbonyl (C=O) groups is 2. The Morgan fingerprint density at radius 2 is 1.81 bits per heavy atom. The van der Waals surface area contributed by atoms with Gasteiger partial charge in [-0.05, 0) is 42.8 Å². The third-order valence-electron chi connectivity index (χ3n) is 6.27. The van der Waals surface area contributed by atoms with Crippen LogP contribution < -0.4 is 14.4 Å². The predicted molar refractivity (Wildman–Crippen MR) is 134 cm³/mol. The van der Waals surface area contributed by atoms with Crippen molar-refractivity contribution in [3.63, 3.8) is 0 Å². The Bertz CT molecular complexity index is 1580. The molecule has 0 spiro atoms. The van der Waals surface area contributed by atoms with Crippen LogP contribution in [0, 0.1) is 11.6 Å². The number of nitrogens with one attached hydrogen (secondary N) is 1. The molecular formula is C28H22F2N2O5. The van der Waals surface area contributed by atoms with Crippen molar-refractivity contribution in [3.8, 4) is 11.5 Å². The Balaban J connectivity index is 1.77. The molecule has 5 rings (SSSR count). The van der Waals surface area contributed by atoms with Crippen LogP contribution in [0.3, 0.4) is 0 Å². The number of fused-ring (bicyclic) bond motifs is 1. The second-order valence-corrected chi connectivity index (χ2v) is 8.36. The smallest absolute Gasteiger partial charge is 0.300 e. The molecule has 37 heavy (non-hydrogen) atoms. The maximum Gasteiger partial charge on any atom is 0.300 e. The normalized spacial score (nSPS) is 17.0. The predicted octanol–water partition coefficient (Wildman–Crippen LogP) is 5.48. The van der Waals surface area contributed by atoms with Crippen molar-refractivity contribution in [2.75, 3.05) is 18.6 Å². The van der Waals surface area contributed by atoms with Crippen molar-refractivity contribution < 1.29 is 33.0 Å². The highest BCUT2D eigenvalue weighted by Gasteiger charge is 2.47. The fourth-order valence-electron chi connectivity index (χ4n) is 4.59. The highest BCUT2D eigenvalue weighted by atomic mass is 19.2. The van der Waals surface area contributed by atoms with Crippen molar-refractivity contribution in [2.45, 2.75) is 13.0 Å². The summed E-state index contributed by atoms with van der Waals surface area (Å²) in [6.07, 6.45) is 1.54. The second kappa shape index (κ2) is 9.42. The number of aromatic nitrogens is 1. The molecule has 1 amide bonds. The largest absolute Gasteiger partial charge is 0.507 e. The van der Waals surface area contributed by atoms with E-state index < -0.39 is 35.1 Å². The molecule has 1 fully saturated rings. The summed E-state index contributed by atoms with van der Waals surface area (Å²) in [7, 11) is 1.47.